The number of anilines is 2. The second-order valence-electron chi connectivity index (χ2n) is 8.56. The molecule has 1 saturated carbocycles. The van der Waals surface area contributed by atoms with Crippen LogP contribution < -0.4 is 15.4 Å². The first-order valence-corrected chi connectivity index (χ1v) is 11.4. The summed E-state index contributed by atoms with van der Waals surface area (Å²) in [7, 11) is 1.56. The van der Waals surface area contributed by atoms with Crippen LogP contribution in [0.3, 0.4) is 0 Å². The number of rotatable bonds is 6. The van der Waals surface area contributed by atoms with Gasteiger partial charge < -0.3 is 20.1 Å². The van der Waals surface area contributed by atoms with Gasteiger partial charge in [-0.1, -0.05) is 23.7 Å². The SMILES string of the molecule is COc1ccc(C)cc1NC(=O)Nc1ccc([C@H]2CC[C@H](C(=O)OC(C)C)CC2)cc1Cl. The van der Waals surface area contributed by atoms with Crippen molar-refractivity contribution >= 4 is 35.0 Å². The second kappa shape index (κ2) is 10.7. The van der Waals surface area contributed by atoms with Gasteiger partial charge in [0.1, 0.15) is 5.75 Å². The molecule has 0 radical (unpaired) electrons. The summed E-state index contributed by atoms with van der Waals surface area (Å²) >= 11 is 6.47. The molecule has 7 heteroatoms. The first kappa shape index (κ1) is 23.9. The molecule has 0 aromatic heterocycles. The lowest BCUT2D eigenvalue weighted by molar-refractivity contribution is -0.153. The van der Waals surface area contributed by atoms with E-state index in [0.29, 0.717) is 28.1 Å². The van der Waals surface area contributed by atoms with Gasteiger partial charge in [0, 0.05) is 0 Å². The number of ether oxygens (including phenoxy) is 2. The van der Waals surface area contributed by atoms with Crippen LogP contribution in [0.25, 0.3) is 0 Å². The van der Waals surface area contributed by atoms with Crippen molar-refractivity contribution in [2.24, 2.45) is 5.92 Å². The Kier molecular flexibility index (Phi) is 8.02. The minimum Gasteiger partial charge on any atom is -0.495 e. The molecule has 0 heterocycles. The highest BCUT2D eigenvalue weighted by Crippen LogP contribution is 2.38. The third kappa shape index (κ3) is 6.16. The van der Waals surface area contributed by atoms with E-state index in [2.05, 4.69) is 10.6 Å². The van der Waals surface area contributed by atoms with Gasteiger partial charge >= 0.3 is 12.0 Å². The molecule has 1 aliphatic carbocycles. The third-order valence-corrected chi connectivity index (χ3v) is 6.04. The zero-order valence-corrected chi connectivity index (χ0v) is 19.8. The molecule has 2 aromatic rings. The fraction of sp³-hybridized carbons (Fsp3) is 0.440. The van der Waals surface area contributed by atoms with Crippen molar-refractivity contribution in [2.45, 2.75) is 58.5 Å². The van der Waals surface area contributed by atoms with Crippen molar-refractivity contribution in [1.82, 2.24) is 0 Å². The van der Waals surface area contributed by atoms with Crippen LogP contribution in [0.1, 0.15) is 56.6 Å². The van der Waals surface area contributed by atoms with Crippen LogP contribution in [0.2, 0.25) is 5.02 Å². The quantitative estimate of drug-likeness (QED) is 0.482. The van der Waals surface area contributed by atoms with Gasteiger partial charge in [0.25, 0.3) is 0 Å². The van der Waals surface area contributed by atoms with Gasteiger partial charge in [-0.3, -0.25) is 4.79 Å². The van der Waals surface area contributed by atoms with Gasteiger partial charge in [-0.2, -0.15) is 0 Å². The van der Waals surface area contributed by atoms with E-state index in [1.54, 1.807) is 7.11 Å². The molecular formula is C25H31ClN2O4. The molecule has 0 unspecified atom stereocenters. The minimum atomic E-state index is -0.396. The highest BCUT2D eigenvalue weighted by molar-refractivity contribution is 6.33. The maximum absolute atomic E-state index is 12.5. The van der Waals surface area contributed by atoms with E-state index in [1.165, 1.54) is 0 Å². The lowest BCUT2D eigenvalue weighted by Gasteiger charge is -2.28. The molecule has 1 fully saturated rings. The molecule has 2 N–H and O–H groups in total. The monoisotopic (exact) mass is 458 g/mol. The first-order valence-electron chi connectivity index (χ1n) is 11.0. The second-order valence-corrected chi connectivity index (χ2v) is 8.96. The number of amides is 2. The van der Waals surface area contributed by atoms with Gasteiger partial charge in [0.2, 0.25) is 0 Å². The molecule has 0 spiro atoms. The highest BCUT2D eigenvalue weighted by atomic mass is 35.5. The first-order chi connectivity index (χ1) is 15.3. The molecular weight excluding hydrogens is 428 g/mol. The van der Waals surface area contributed by atoms with Crippen LogP contribution >= 0.6 is 11.6 Å². The molecule has 2 amide bonds. The maximum Gasteiger partial charge on any atom is 0.323 e. The number of methoxy groups -OCH3 is 1. The van der Waals surface area contributed by atoms with Gasteiger partial charge in [-0.05, 0) is 87.8 Å². The molecule has 1 aliphatic rings. The smallest absolute Gasteiger partial charge is 0.323 e. The largest absolute Gasteiger partial charge is 0.495 e. The normalized spacial score (nSPS) is 18.2. The fourth-order valence-corrected chi connectivity index (χ4v) is 4.31. The number of nitrogens with one attached hydrogen (secondary N) is 2. The fourth-order valence-electron chi connectivity index (χ4n) is 4.07. The van der Waals surface area contributed by atoms with Gasteiger partial charge in [0.05, 0.1) is 35.5 Å². The lowest BCUT2D eigenvalue weighted by Crippen LogP contribution is -2.25. The van der Waals surface area contributed by atoms with E-state index in [9.17, 15) is 9.59 Å². The summed E-state index contributed by atoms with van der Waals surface area (Å²) in [5.41, 5.74) is 3.26. The number of benzene rings is 2. The summed E-state index contributed by atoms with van der Waals surface area (Å²) in [6.07, 6.45) is 3.37. The van der Waals surface area contributed by atoms with Crippen molar-refractivity contribution < 1.29 is 19.1 Å². The maximum atomic E-state index is 12.5. The van der Waals surface area contributed by atoms with Gasteiger partial charge in [-0.25, -0.2) is 4.79 Å². The number of carbonyl (C=O) groups excluding carboxylic acids is 2. The van der Waals surface area contributed by atoms with Crippen LogP contribution in [-0.2, 0) is 9.53 Å². The Morgan fingerprint density at radius 1 is 1.00 bits per heavy atom. The standard InChI is InChI=1S/C25H31ClN2O4/c1-15(2)32-24(29)18-8-6-17(7-9-18)19-10-11-21(20(26)14-19)27-25(30)28-22-13-16(3)5-12-23(22)31-4/h5,10-15,17-18H,6-9H2,1-4H3,(H2,27,28,30)/t17-,18-. The summed E-state index contributed by atoms with van der Waals surface area (Å²) in [6.45, 7) is 5.69. The van der Waals surface area contributed by atoms with Crippen molar-refractivity contribution in [2.75, 3.05) is 17.7 Å². The highest BCUT2D eigenvalue weighted by Gasteiger charge is 2.28. The Bertz CT molecular complexity index is 968. The zero-order valence-electron chi connectivity index (χ0n) is 19.0. The van der Waals surface area contributed by atoms with E-state index in [4.69, 9.17) is 21.1 Å². The molecule has 3 rings (SSSR count). The topological polar surface area (TPSA) is 76.7 Å². The summed E-state index contributed by atoms with van der Waals surface area (Å²) in [6, 6.07) is 10.9. The number of urea groups is 1. The van der Waals surface area contributed by atoms with Crippen LogP contribution in [-0.4, -0.2) is 25.2 Å². The number of esters is 1. The Labute approximate surface area is 194 Å². The van der Waals surface area contributed by atoms with Gasteiger partial charge in [0.15, 0.2) is 0 Å². The van der Waals surface area contributed by atoms with Gasteiger partial charge in [-0.15, -0.1) is 0 Å². The number of hydrogen-bond acceptors (Lipinski definition) is 4. The predicted molar refractivity (Wildman–Crippen MR) is 128 cm³/mol. The number of hydrogen-bond donors (Lipinski definition) is 2. The molecule has 0 bridgehead atoms. The summed E-state index contributed by atoms with van der Waals surface area (Å²) in [4.78, 5) is 24.6. The number of carbonyl (C=O) groups is 2. The Morgan fingerprint density at radius 3 is 2.31 bits per heavy atom. The lowest BCUT2D eigenvalue weighted by atomic mass is 9.78. The number of halogens is 1. The van der Waals surface area contributed by atoms with E-state index >= 15 is 0 Å². The predicted octanol–water partition coefficient (Wildman–Crippen LogP) is 6.53. The van der Waals surface area contributed by atoms with E-state index in [0.717, 1.165) is 36.8 Å². The van der Waals surface area contributed by atoms with Crippen molar-refractivity contribution in [3.8, 4) is 5.75 Å². The van der Waals surface area contributed by atoms with Crippen LogP contribution in [0, 0.1) is 12.8 Å². The van der Waals surface area contributed by atoms with E-state index in [-0.39, 0.29) is 18.0 Å². The van der Waals surface area contributed by atoms with Crippen molar-refractivity contribution in [3.63, 3.8) is 0 Å². The van der Waals surface area contributed by atoms with Crippen molar-refractivity contribution in [3.05, 3.63) is 52.5 Å². The van der Waals surface area contributed by atoms with Crippen LogP contribution in [0.15, 0.2) is 36.4 Å². The zero-order chi connectivity index (χ0) is 23.3. The molecule has 32 heavy (non-hydrogen) atoms. The van der Waals surface area contributed by atoms with Crippen LogP contribution in [0.4, 0.5) is 16.2 Å². The molecule has 172 valence electrons. The molecule has 0 aliphatic heterocycles. The van der Waals surface area contributed by atoms with E-state index < -0.39 is 6.03 Å². The molecule has 0 saturated heterocycles. The summed E-state index contributed by atoms with van der Waals surface area (Å²) < 4.78 is 10.7. The number of aryl methyl sites for hydroxylation is 1. The summed E-state index contributed by atoms with van der Waals surface area (Å²) in [5, 5.41) is 6.09. The molecule has 0 atom stereocenters. The minimum absolute atomic E-state index is 0.0210. The van der Waals surface area contributed by atoms with Crippen LogP contribution in [0.5, 0.6) is 5.75 Å². The Balaban J connectivity index is 1.59. The van der Waals surface area contributed by atoms with Crippen molar-refractivity contribution in [1.29, 1.82) is 0 Å². The molecule has 2 aromatic carbocycles. The Morgan fingerprint density at radius 2 is 1.69 bits per heavy atom. The Hall–Kier alpha value is -2.73. The average molecular weight is 459 g/mol. The molecule has 6 nitrogen and oxygen atoms in total. The third-order valence-electron chi connectivity index (χ3n) is 5.73. The summed E-state index contributed by atoms with van der Waals surface area (Å²) in [5.74, 6) is 0.815. The average Bonchev–Trinajstić information content (AvgIpc) is 2.75. The van der Waals surface area contributed by atoms with E-state index in [1.807, 2.05) is 57.2 Å².